The molecular weight excluding hydrogens is 248 g/mol. The highest BCUT2D eigenvalue weighted by Crippen LogP contribution is 2.33. The first-order chi connectivity index (χ1) is 9.79. The summed E-state index contributed by atoms with van der Waals surface area (Å²) >= 11 is 0. The highest BCUT2D eigenvalue weighted by molar-refractivity contribution is 5.87. The number of nitrogens with zero attached hydrogens (tertiary/aromatic N) is 2. The summed E-state index contributed by atoms with van der Waals surface area (Å²) in [7, 11) is 0. The van der Waals surface area contributed by atoms with Crippen LogP contribution in [0.2, 0.25) is 0 Å². The lowest BCUT2D eigenvalue weighted by Gasteiger charge is -2.12. The molecule has 1 heterocycles. The number of hydrogen-bond acceptors (Lipinski definition) is 3. The normalized spacial score (nSPS) is 10.2. The number of fused-ring (bicyclic) bond motifs is 1. The van der Waals surface area contributed by atoms with Crippen molar-refractivity contribution in [2.45, 2.75) is 6.92 Å². The fraction of sp³-hybridized carbons (Fsp3) is 0.0588. The summed E-state index contributed by atoms with van der Waals surface area (Å²) in [4.78, 5) is 4.27. The van der Waals surface area contributed by atoms with Gasteiger partial charge >= 0.3 is 0 Å². The van der Waals surface area contributed by atoms with E-state index in [9.17, 15) is 5.26 Å². The fourth-order valence-corrected chi connectivity index (χ4v) is 2.09. The summed E-state index contributed by atoms with van der Waals surface area (Å²) < 4.78 is 5.98. The average molecular weight is 260 g/mol. The molecule has 0 aliphatic rings. The predicted molar refractivity (Wildman–Crippen MR) is 77.7 cm³/mol. The van der Waals surface area contributed by atoms with Gasteiger partial charge in [-0.2, -0.15) is 5.26 Å². The van der Waals surface area contributed by atoms with E-state index in [0.29, 0.717) is 11.3 Å². The van der Waals surface area contributed by atoms with E-state index in [2.05, 4.69) is 11.1 Å². The molecule has 0 N–H and O–H groups in total. The highest BCUT2D eigenvalue weighted by Gasteiger charge is 2.11. The van der Waals surface area contributed by atoms with Crippen molar-refractivity contribution >= 4 is 10.9 Å². The van der Waals surface area contributed by atoms with Crippen molar-refractivity contribution in [3.63, 3.8) is 0 Å². The molecule has 0 amide bonds. The molecule has 1 aromatic heterocycles. The molecule has 0 bridgehead atoms. The van der Waals surface area contributed by atoms with Crippen LogP contribution >= 0.6 is 0 Å². The van der Waals surface area contributed by atoms with Crippen LogP contribution in [0.4, 0.5) is 0 Å². The number of pyridine rings is 1. The third-order valence-electron chi connectivity index (χ3n) is 3.15. The largest absolute Gasteiger partial charge is 0.455 e. The first-order valence-corrected chi connectivity index (χ1v) is 6.31. The number of nitriles is 1. The first-order valence-electron chi connectivity index (χ1n) is 6.31. The van der Waals surface area contributed by atoms with Crippen molar-refractivity contribution in [1.29, 1.82) is 5.26 Å². The molecular formula is C17H12N2O. The third kappa shape index (κ3) is 2.08. The first kappa shape index (κ1) is 12.2. The molecule has 20 heavy (non-hydrogen) atoms. The zero-order valence-electron chi connectivity index (χ0n) is 11.0. The Bertz CT molecular complexity index is 819. The van der Waals surface area contributed by atoms with Gasteiger partial charge in [0.2, 0.25) is 0 Å². The lowest BCUT2D eigenvalue weighted by atomic mass is 10.1. The minimum atomic E-state index is 0.437. The van der Waals surface area contributed by atoms with E-state index in [1.165, 1.54) is 0 Å². The standard InChI is InChI=1S/C17H12N2O/c1-12-6-2-5-9-16(12)20-17-13(10-18)11-19-15-8-4-3-7-14(15)17/h2-9,11H,1H3. The maximum atomic E-state index is 9.26. The van der Waals surface area contributed by atoms with Gasteiger partial charge in [0.25, 0.3) is 0 Å². The third-order valence-corrected chi connectivity index (χ3v) is 3.15. The van der Waals surface area contributed by atoms with Gasteiger partial charge in [0, 0.05) is 11.6 Å². The monoisotopic (exact) mass is 260 g/mol. The Morgan fingerprint density at radius 2 is 1.80 bits per heavy atom. The van der Waals surface area contributed by atoms with Gasteiger partial charge in [-0.3, -0.25) is 4.98 Å². The molecule has 0 aliphatic heterocycles. The fourth-order valence-electron chi connectivity index (χ4n) is 2.09. The summed E-state index contributed by atoms with van der Waals surface area (Å²) in [6.07, 6.45) is 1.55. The number of para-hydroxylation sites is 2. The van der Waals surface area contributed by atoms with Crippen LogP contribution in [0.5, 0.6) is 11.5 Å². The maximum absolute atomic E-state index is 9.26. The molecule has 3 aromatic rings. The van der Waals surface area contributed by atoms with Crippen LogP contribution < -0.4 is 4.74 Å². The van der Waals surface area contributed by atoms with Crippen molar-refractivity contribution in [1.82, 2.24) is 4.98 Å². The van der Waals surface area contributed by atoms with Gasteiger partial charge in [0.05, 0.1) is 5.52 Å². The van der Waals surface area contributed by atoms with Crippen LogP contribution in [0.25, 0.3) is 10.9 Å². The summed E-state index contributed by atoms with van der Waals surface area (Å²) in [6, 6.07) is 17.5. The second-order valence-electron chi connectivity index (χ2n) is 4.50. The van der Waals surface area contributed by atoms with Crippen LogP contribution in [0.1, 0.15) is 11.1 Å². The molecule has 0 radical (unpaired) electrons. The van der Waals surface area contributed by atoms with E-state index in [-0.39, 0.29) is 0 Å². The molecule has 3 rings (SSSR count). The van der Waals surface area contributed by atoms with Crippen LogP contribution in [0.3, 0.4) is 0 Å². The minimum Gasteiger partial charge on any atom is -0.455 e. The summed E-state index contributed by atoms with van der Waals surface area (Å²) in [5.41, 5.74) is 2.28. The Labute approximate surface area is 117 Å². The van der Waals surface area contributed by atoms with E-state index in [0.717, 1.165) is 22.2 Å². The predicted octanol–water partition coefficient (Wildman–Crippen LogP) is 4.21. The van der Waals surface area contributed by atoms with Gasteiger partial charge in [0.1, 0.15) is 17.4 Å². The number of benzene rings is 2. The number of rotatable bonds is 2. The van der Waals surface area contributed by atoms with Gasteiger partial charge in [-0.05, 0) is 30.7 Å². The smallest absolute Gasteiger partial charge is 0.156 e. The van der Waals surface area contributed by atoms with Gasteiger partial charge < -0.3 is 4.74 Å². The number of aromatic nitrogens is 1. The van der Waals surface area contributed by atoms with Crippen molar-refractivity contribution in [3.8, 4) is 17.6 Å². The maximum Gasteiger partial charge on any atom is 0.156 e. The molecule has 0 fully saturated rings. The molecule has 0 saturated heterocycles. The Kier molecular flexibility index (Phi) is 3.06. The number of aryl methyl sites for hydroxylation is 1. The van der Waals surface area contributed by atoms with E-state index in [1.54, 1.807) is 6.20 Å². The van der Waals surface area contributed by atoms with Crippen LogP contribution in [0, 0.1) is 18.3 Å². The van der Waals surface area contributed by atoms with E-state index in [1.807, 2.05) is 55.5 Å². The second kappa shape index (κ2) is 5.02. The molecule has 2 aromatic carbocycles. The number of hydrogen-bond donors (Lipinski definition) is 0. The Morgan fingerprint density at radius 3 is 2.60 bits per heavy atom. The Morgan fingerprint density at radius 1 is 1.05 bits per heavy atom. The van der Waals surface area contributed by atoms with Gasteiger partial charge in [0.15, 0.2) is 5.75 Å². The molecule has 0 unspecified atom stereocenters. The summed E-state index contributed by atoms with van der Waals surface area (Å²) in [5.74, 6) is 1.31. The lowest BCUT2D eigenvalue weighted by Crippen LogP contribution is -1.93. The SMILES string of the molecule is Cc1ccccc1Oc1c(C#N)cnc2ccccc12. The van der Waals surface area contributed by atoms with Crippen molar-refractivity contribution < 1.29 is 4.74 Å². The molecule has 0 spiro atoms. The lowest BCUT2D eigenvalue weighted by molar-refractivity contribution is 0.482. The Hall–Kier alpha value is -2.86. The average Bonchev–Trinajstić information content (AvgIpc) is 2.50. The second-order valence-corrected chi connectivity index (χ2v) is 4.50. The molecule has 0 atom stereocenters. The van der Waals surface area contributed by atoms with E-state index >= 15 is 0 Å². The van der Waals surface area contributed by atoms with Crippen molar-refractivity contribution in [2.24, 2.45) is 0 Å². The van der Waals surface area contributed by atoms with Crippen LogP contribution in [-0.2, 0) is 0 Å². The summed E-state index contributed by atoms with van der Waals surface area (Å²) in [6.45, 7) is 1.98. The van der Waals surface area contributed by atoms with E-state index in [4.69, 9.17) is 4.74 Å². The van der Waals surface area contributed by atoms with Crippen LogP contribution in [0.15, 0.2) is 54.7 Å². The van der Waals surface area contributed by atoms with E-state index < -0.39 is 0 Å². The van der Waals surface area contributed by atoms with Gasteiger partial charge in [-0.25, -0.2) is 0 Å². The Balaban J connectivity index is 2.20. The van der Waals surface area contributed by atoms with Gasteiger partial charge in [-0.15, -0.1) is 0 Å². The highest BCUT2D eigenvalue weighted by atomic mass is 16.5. The van der Waals surface area contributed by atoms with Gasteiger partial charge in [-0.1, -0.05) is 30.3 Å². The topological polar surface area (TPSA) is 45.9 Å². The molecule has 3 nitrogen and oxygen atoms in total. The summed E-state index contributed by atoms with van der Waals surface area (Å²) in [5, 5.41) is 10.1. The quantitative estimate of drug-likeness (QED) is 0.693. The number of ether oxygens (including phenoxy) is 1. The zero-order valence-corrected chi connectivity index (χ0v) is 11.0. The molecule has 0 saturated carbocycles. The molecule has 0 aliphatic carbocycles. The zero-order chi connectivity index (χ0) is 13.9. The van der Waals surface area contributed by atoms with Crippen molar-refractivity contribution in [2.75, 3.05) is 0 Å². The molecule has 96 valence electrons. The molecule has 3 heteroatoms. The van der Waals surface area contributed by atoms with Crippen LogP contribution in [-0.4, -0.2) is 4.98 Å². The minimum absolute atomic E-state index is 0.437. The van der Waals surface area contributed by atoms with Crippen molar-refractivity contribution in [3.05, 3.63) is 65.9 Å².